The highest BCUT2D eigenvalue weighted by atomic mass is 79.9. The van der Waals surface area contributed by atoms with Crippen molar-refractivity contribution >= 4 is 39.2 Å². The van der Waals surface area contributed by atoms with E-state index in [0.717, 1.165) is 14.2 Å². The Morgan fingerprint density at radius 1 is 1.47 bits per heavy atom. The third-order valence-corrected chi connectivity index (χ3v) is 4.11. The van der Waals surface area contributed by atoms with Crippen LogP contribution in [0, 0.1) is 0 Å². The van der Waals surface area contributed by atoms with Gasteiger partial charge in [-0.05, 0) is 45.8 Å². The molecular weight excluding hydrogens is 324 g/mol. The molecule has 0 bridgehead atoms. The third-order valence-electron chi connectivity index (χ3n) is 2.50. The highest BCUT2D eigenvalue weighted by molar-refractivity contribution is 9.11. The molecule has 1 amide bonds. The quantitative estimate of drug-likeness (QED) is 0.799. The molecule has 19 heavy (non-hydrogen) atoms. The Morgan fingerprint density at radius 2 is 2.32 bits per heavy atom. The number of hydrogen-bond donors (Lipinski definition) is 0. The highest BCUT2D eigenvalue weighted by Gasteiger charge is 2.07. The first-order valence-corrected chi connectivity index (χ1v) is 7.33. The molecule has 0 aliphatic heterocycles. The van der Waals surface area contributed by atoms with Crippen molar-refractivity contribution in [2.24, 2.45) is 0 Å². The zero-order valence-corrected chi connectivity index (χ0v) is 12.8. The lowest BCUT2D eigenvalue weighted by molar-refractivity contribution is -0.125. The van der Waals surface area contributed by atoms with Crippen LogP contribution in [0.3, 0.4) is 0 Å². The number of amides is 1. The number of pyridine rings is 1. The van der Waals surface area contributed by atoms with Crippen LogP contribution in [0.2, 0.25) is 0 Å². The van der Waals surface area contributed by atoms with E-state index in [0.29, 0.717) is 6.54 Å². The van der Waals surface area contributed by atoms with Crippen molar-refractivity contribution in [1.82, 2.24) is 9.88 Å². The fourth-order valence-electron chi connectivity index (χ4n) is 1.52. The zero-order valence-electron chi connectivity index (χ0n) is 10.4. The van der Waals surface area contributed by atoms with Gasteiger partial charge in [0.2, 0.25) is 5.91 Å². The third kappa shape index (κ3) is 4.29. The fraction of sp³-hybridized carbons (Fsp3) is 0.143. The van der Waals surface area contributed by atoms with Crippen LogP contribution < -0.4 is 0 Å². The molecule has 0 unspecified atom stereocenters. The van der Waals surface area contributed by atoms with Gasteiger partial charge in [0.1, 0.15) is 0 Å². The predicted octanol–water partition coefficient (Wildman–Crippen LogP) is 3.58. The van der Waals surface area contributed by atoms with Crippen molar-refractivity contribution in [2.75, 3.05) is 7.05 Å². The Morgan fingerprint density at radius 3 is 2.95 bits per heavy atom. The number of likely N-dealkylation sites (N-methyl/N-ethyl adjacent to an activating group) is 1. The van der Waals surface area contributed by atoms with E-state index in [1.54, 1.807) is 47.8 Å². The molecule has 2 rings (SSSR count). The first-order chi connectivity index (χ1) is 9.15. The lowest BCUT2D eigenvalue weighted by Gasteiger charge is -2.13. The van der Waals surface area contributed by atoms with E-state index in [2.05, 4.69) is 20.9 Å². The van der Waals surface area contributed by atoms with Gasteiger partial charge in [-0.1, -0.05) is 6.07 Å². The maximum Gasteiger partial charge on any atom is 0.246 e. The van der Waals surface area contributed by atoms with Crippen molar-refractivity contribution in [3.05, 3.63) is 57.0 Å². The summed E-state index contributed by atoms with van der Waals surface area (Å²) in [6, 6.07) is 7.76. The van der Waals surface area contributed by atoms with Gasteiger partial charge in [-0.15, -0.1) is 11.3 Å². The van der Waals surface area contributed by atoms with Gasteiger partial charge in [-0.3, -0.25) is 9.78 Å². The number of rotatable bonds is 4. The maximum atomic E-state index is 11.9. The van der Waals surface area contributed by atoms with E-state index in [-0.39, 0.29) is 5.91 Å². The van der Waals surface area contributed by atoms with Crippen molar-refractivity contribution in [3.8, 4) is 0 Å². The summed E-state index contributed by atoms with van der Waals surface area (Å²) in [4.78, 5) is 18.8. The second-order valence-electron chi connectivity index (χ2n) is 4.02. The number of carbonyl (C=O) groups is 1. The number of thiophene rings is 1. The number of halogens is 1. The van der Waals surface area contributed by atoms with E-state index in [4.69, 9.17) is 0 Å². The summed E-state index contributed by atoms with van der Waals surface area (Å²) < 4.78 is 1.08. The predicted molar refractivity (Wildman–Crippen MR) is 81.8 cm³/mol. The summed E-state index contributed by atoms with van der Waals surface area (Å²) in [6.45, 7) is 0.618. The first kappa shape index (κ1) is 14.0. The molecule has 2 heterocycles. The molecule has 0 saturated heterocycles. The van der Waals surface area contributed by atoms with E-state index in [9.17, 15) is 4.79 Å². The first-order valence-electron chi connectivity index (χ1n) is 5.72. The van der Waals surface area contributed by atoms with Crippen LogP contribution in [-0.4, -0.2) is 22.8 Å². The van der Waals surface area contributed by atoms with Gasteiger partial charge < -0.3 is 4.90 Å². The van der Waals surface area contributed by atoms with E-state index < -0.39 is 0 Å². The Hall–Kier alpha value is -1.46. The molecule has 0 aliphatic rings. The van der Waals surface area contributed by atoms with E-state index >= 15 is 0 Å². The molecule has 0 saturated carbocycles. The monoisotopic (exact) mass is 336 g/mol. The standard InChI is InChI=1S/C14H13BrN2OS/c1-17(10-12-5-6-13(15)19-12)14(18)7-4-11-3-2-8-16-9-11/h2-9H,10H2,1H3/b7-4+. The summed E-state index contributed by atoms with van der Waals surface area (Å²) >= 11 is 5.05. The average Bonchev–Trinajstić information content (AvgIpc) is 2.82. The van der Waals surface area contributed by atoms with Crippen molar-refractivity contribution < 1.29 is 4.79 Å². The number of aromatic nitrogens is 1. The molecule has 5 heteroatoms. The summed E-state index contributed by atoms with van der Waals surface area (Å²) in [5.74, 6) is -0.0200. The molecule has 0 fully saturated rings. The Labute approximate surface area is 124 Å². The largest absolute Gasteiger partial charge is 0.337 e. The van der Waals surface area contributed by atoms with Crippen LogP contribution in [0.25, 0.3) is 6.08 Å². The molecular formula is C14H13BrN2OS. The number of carbonyl (C=O) groups excluding carboxylic acids is 1. The van der Waals surface area contributed by atoms with Gasteiger partial charge in [0.25, 0.3) is 0 Å². The van der Waals surface area contributed by atoms with Gasteiger partial charge in [-0.2, -0.15) is 0 Å². The van der Waals surface area contributed by atoms with Gasteiger partial charge in [0.05, 0.1) is 10.3 Å². The molecule has 0 N–H and O–H groups in total. The Balaban J connectivity index is 1.94. The summed E-state index contributed by atoms with van der Waals surface area (Å²) in [7, 11) is 1.80. The van der Waals surface area contributed by atoms with Crippen molar-refractivity contribution in [3.63, 3.8) is 0 Å². The summed E-state index contributed by atoms with van der Waals surface area (Å²) in [5, 5.41) is 0. The number of hydrogen-bond acceptors (Lipinski definition) is 3. The van der Waals surface area contributed by atoms with Crippen molar-refractivity contribution in [1.29, 1.82) is 0 Å². The average molecular weight is 337 g/mol. The Bertz CT molecular complexity index is 580. The van der Waals surface area contributed by atoms with Crippen LogP contribution >= 0.6 is 27.3 Å². The second kappa shape index (κ2) is 6.63. The van der Waals surface area contributed by atoms with Gasteiger partial charge >= 0.3 is 0 Å². The van der Waals surface area contributed by atoms with Crippen LogP contribution in [-0.2, 0) is 11.3 Å². The zero-order chi connectivity index (χ0) is 13.7. The molecule has 0 radical (unpaired) electrons. The summed E-state index contributed by atoms with van der Waals surface area (Å²) in [5.41, 5.74) is 0.920. The normalized spacial score (nSPS) is 10.8. The van der Waals surface area contributed by atoms with Gasteiger partial charge in [0, 0.05) is 30.4 Å². The van der Waals surface area contributed by atoms with Gasteiger partial charge in [-0.25, -0.2) is 0 Å². The smallest absolute Gasteiger partial charge is 0.246 e. The SMILES string of the molecule is CN(Cc1ccc(Br)s1)C(=O)/C=C/c1cccnc1. The van der Waals surface area contributed by atoms with E-state index in [1.165, 1.54) is 0 Å². The molecule has 2 aromatic rings. The van der Waals surface area contributed by atoms with Crippen LogP contribution in [0.4, 0.5) is 0 Å². The molecule has 0 spiro atoms. The van der Waals surface area contributed by atoms with Crippen LogP contribution in [0.1, 0.15) is 10.4 Å². The topological polar surface area (TPSA) is 33.2 Å². The lowest BCUT2D eigenvalue weighted by atomic mass is 10.2. The highest BCUT2D eigenvalue weighted by Crippen LogP contribution is 2.23. The van der Waals surface area contributed by atoms with Crippen molar-refractivity contribution in [2.45, 2.75) is 6.54 Å². The minimum Gasteiger partial charge on any atom is -0.337 e. The summed E-state index contributed by atoms with van der Waals surface area (Å²) in [6.07, 6.45) is 6.77. The van der Waals surface area contributed by atoms with Crippen LogP contribution in [0.15, 0.2) is 46.5 Å². The molecule has 0 aliphatic carbocycles. The molecule has 3 nitrogen and oxygen atoms in total. The minimum atomic E-state index is -0.0200. The fourth-order valence-corrected chi connectivity index (χ4v) is 3.05. The van der Waals surface area contributed by atoms with Gasteiger partial charge in [0.15, 0.2) is 0 Å². The molecule has 0 aromatic carbocycles. The maximum absolute atomic E-state index is 11.9. The molecule has 0 atom stereocenters. The molecule has 98 valence electrons. The minimum absolute atomic E-state index is 0.0200. The number of nitrogens with zero attached hydrogens (tertiary/aromatic N) is 2. The lowest BCUT2D eigenvalue weighted by Crippen LogP contribution is -2.23. The Kier molecular flexibility index (Phi) is 4.87. The van der Waals surface area contributed by atoms with Crippen LogP contribution in [0.5, 0.6) is 0 Å². The molecule has 2 aromatic heterocycles. The van der Waals surface area contributed by atoms with E-state index in [1.807, 2.05) is 24.3 Å². The second-order valence-corrected chi connectivity index (χ2v) is 6.57.